The van der Waals surface area contributed by atoms with Crippen molar-refractivity contribution in [1.29, 1.82) is 0 Å². The Balaban J connectivity index is 1.94. The monoisotopic (exact) mass is 326 g/mol. The van der Waals surface area contributed by atoms with Crippen LogP contribution in [-0.2, 0) is 4.79 Å². The normalized spacial score (nSPS) is 10.0. The number of nitrogens with one attached hydrogen (secondary N) is 2. The zero-order chi connectivity index (χ0) is 17.4. The third-order valence-electron chi connectivity index (χ3n) is 3.19. The van der Waals surface area contributed by atoms with E-state index in [-0.39, 0.29) is 11.9 Å². The van der Waals surface area contributed by atoms with Crippen LogP contribution in [0.25, 0.3) is 0 Å². The Kier molecular flexibility index (Phi) is 6.16. The Labute approximate surface area is 140 Å². The number of hydrogen-bond acceptors (Lipinski definition) is 4. The first-order valence-electron chi connectivity index (χ1n) is 7.63. The van der Waals surface area contributed by atoms with E-state index in [1.807, 2.05) is 48.5 Å². The van der Waals surface area contributed by atoms with Crippen molar-refractivity contribution in [3.05, 3.63) is 48.5 Å². The maximum absolute atomic E-state index is 11.6. The average Bonchev–Trinajstić information content (AvgIpc) is 2.56. The molecule has 0 saturated carbocycles. The zero-order valence-electron chi connectivity index (χ0n) is 13.3. The van der Waals surface area contributed by atoms with Gasteiger partial charge in [-0.15, -0.1) is 0 Å². The number of rotatable bonds is 7. The van der Waals surface area contributed by atoms with Crippen LogP contribution in [0.2, 0.25) is 0 Å². The standard InChI is InChI=1S/C17H22N6O/c18-11-1-2-16(24)22-14-7-3-12(4-8-14)21-13-5-9-15(10-6-13)23-17(19)20/h3-10,21H,1-2,11,18H2,(H,22,24)(H4,19,20,23). The minimum atomic E-state index is -0.0310. The lowest BCUT2D eigenvalue weighted by Crippen LogP contribution is -2.21. The molecular formula is C17H22N6O. The molecule has 0 radical (unpaired) electrons. The number of guanidine groups is 1. The number of aliphatic imine (C=N–C) groups is 1. The number of nitrogens with two attached hydrogens (primary N) is 3. The van der Waals surface area contributed by atoms with Crippen LogP contribution < -0.4 is 27.8 Å². The van der Waals surface area contributed by atoms with Gasteiger partial charge in [0.05, 0.1) is 5.69 Å². The molecule has 8 N–H and O–H groups in total. The van der Waals surface area contributed by atoms with E-state index in [2.05, 4.69) is 15.6 Å². The van der Waals surface area contributed by atoms with Gasteiger partial charge in [0, 0.05) is 23.5 Å². The second-order valence-corrected chi connectivity index (χ2v) is 5.23. The summed E-state index contributed by atoms with van der Waals surface area (Å²) in [6, 6.07) is 14.9. The van der Waals surface area contributed by atoms with Gasteiger partial charge < -0.3 is 27.8 Å². The van der Waals surface area contributed by atoms with Gasteiger partial charge >= 0.3 is 0 Å². The summed E-state index contributed by atoms with van der Waals surface area (Å²) >= 11 is 0. The molecule has 0 aliphatic carbocycles. The number of amides is 1. The summed E-state index contributed by atoms with van der Waals surface area (Å²) in [5.74, 6) is -0.00344. The molecule has 1 amide bonds. The maximum Gasteiger partial charge on any atom is 0.224 e. The largest absolute Gasteiger partial charge is 0.370 e. The fourth-order valence-electron chi connectivity index (χ4n) is 2.06. The van der Waals surface area contributed by atoms with E-state index in [1.54, 1.807) is 0 Å². The Morgan fingerprint density at radius 1 is 0.917 bits per heavy atom. The number of nitrogens with zero attached hydrogens (tertiary/aromatic N) is 1. The quantitative estimate of drug-likeness (QED) is 0.392. The first kappa shape index (κ1) is 17.3. The Morgan fingerprint density at radius 2 is 1.46 bits per heavy atom. The average molecular weight is 326 g/mol. The highest BCUT2D eigenvalue weighted by atomic mass is 16.1. The SMILES string of the molecule is NCCCC(=O)Nc1ccc(Nc2ccc(N=C(N)N)cc2)cc1. The molecule has 0 atom stereocenters. The summed E-state index contributed by atoms with van der Waals surface area (Å²) in [6.07, 6.45) is 1.11. The van der Waals surface area contributed by atoms with Crippen LogP contribution in [0.3, 0.4) is 0 Å². The second-order valence-electron chi connectivity index (χ2n) is 5.23. The van der Waals surface area contributed by atoms with Crippen LogP contribution in [0.15, 0.2) is 53.5 Å². The molecule has 2 rings (SSSR count). The Morgan fingerprint density at radius 3 is 2.00 bits per heavy atom. The van der Waals surface area contributed by atoms with Crippen LogP contribution in [-0.4, -0.2) is 18.4 Å². The van der Waals surface area contributed by atoms with E-state index in [9.17, 15) is 4.79 Å². The fraction of sp³-hybridized carbons (Fsp3) is 0.176. The third-order valence-corrected chi connectivity index (χ3v) is 3.19. The van der Waals surface area contributed by atoms with E-state index in [0.717, 1.165) is 17.1 Å². The summed E-state index contributed by atoms with van der Waals surface area (Å²) < 4.78 is 0. The lowest BCUT2D eigenvalue weighted by molar-refractivity contribution is -0.116. The molecule has 0 unspecified atom stereocenters. The van der Waals surface area contributed by atoms with Crippen LogP contribution in [0.5, 0.6) is 0 Å². The predicted octanol–water partition coefficient (Wildman–Crippen LogP) is 2.01. The Bertz CT molecular complexity index is 690. The van der Waals surface area contributed by atoms with Crippen molar-refractivity contribution in [2.24, 2.45) is 22.2 Å². The summed E-state index contributed by atoms with van der Waals surface area (Å²) in [5, 5.41) is 6.09. The van der Waals surface area contributed by atoms with Gasteiger partial charge in [0.1, 0.15) is 0 Å². The molecule has 2 aromatic rings. The number of benzene rings is 2. The smallest absolute Gasteiger partial charge is 0.224 e. The first-order valence-corrected chi connectivity index (χ1v) is 7.63. The van der Waals surface area contributed by atoms with Crippen molar-refractivity contribution in [3.63, 3.8) is 0 Å². The lowest BCUT2D eigenvalue weighted by Gasteiger charge is -2.09. The molecular weight excluding hydrogens is 304 g/mol. The van der Waals surface area contributed by atoms with Crippen LogP contribution >= 0.6 is 0 Å². The van der Waals surface area contributed by atoms with Gasteiger partial charge in [-0.25, -0.2) is 4.99 Å². The van der Waals surface area contributed by atoms with Crippen molar-refractivity contribution in [2.75, 3.05) is 17.2 Å². The topological polar surface area (TPSA) is 132 Å². The number of anilines is 3. The van der Waals surface area contributed by atoms with Gasteiger partial charge in [0.15, 0.2) is 5.96 Å². The predicted molar refractivity (Wildman–Crippen MR) is 98.6 cm³/mol. The van der Waals surface area contributed by atoms with Gasteiger partial charge in [-0.3, -0.25) is 4.79 Å². The van der Waals surface area contributed by atoms with Crippen molar-refractivity contribution in [1.82, 2.24) is 0 Å². The molecule has 24 heavy (non-hydrogen) atoms. The van der Waals surface area contributed by atoms with Gasteiger partial charge in [-0.05, 0) is 61.5 Å². The van der Waals surface area contributed by atoms with Gasteiger partial charge in [-0.1, -0.05) is 0 Å². The van der Waals surface area contributed by atoms with Crippen LogP contribution in [0.1, 0.15) is 12.8 Å². The molecule has 0 fully saturated rings. The van der Waals surface area contributed by atoms with Crippen molar-refractivity contribution < 1.29 is 4.79 Å². The van der Waals surface area contributed by atoms with Crippen molar-refractivity contribution in [2.45, 2.75) is 12.8 Å². The Hall–Kier alpha value is -3.06. The van der Waals surface area contributed by atoms with E-state index in [4.69, 9.17) is 17.2 Å². The second kappa shape index (κ2) is 8.54. The molecule has 0 heterocycles. The molecule has 0 aromatic heterocycles. The minimum Gasteiger partial charge on any atom is -0.370 e. The fourth-order valence-corrected chi connectivity index (χ4v) is 2.06. The molecule has 7 heteroatoms. The first-order chi connectivity index (χ1) is 11.6. The van der Waals surface area contributed by atoms with Gasteiger partial charge in [-0.2, -0.15) is 0 Å². The highest BCUT2D eigenvalue weighted by Gasteiger charge is 2.02. The maximum atomic E-state index is 11.6. The number of hydrogen-bond donors (Lipinski definition) is 5. The molecule has 0 saturated heterocycles. The zero-order valence-corrected chi connectivity index (χ0v) is 13.3. The summed E-state index contributed by atoms with van der Waals surface area (Å²) in [4.78, 5) is 15.6. The summed E-state index contributed by atoms with van der Waals surface area (Å²) in [7, 11) is 0. The molecule has 0 bridgehead atoms. The molecule has 126 valence electrons. The molecule has 0 spiro atoms. The number of carbonyl (C=O) groups is 1. The summed E-state index contributed by atoms with van der Waals surface area (Å²) in [5.41, 5.74) is 19.3. The van der Waals surface area contributed by atoms with E-state index >= 15 is 0 Å². The van der Waals surface area contributed by atoms with Crippen LogP contribution in [0.4, 0.5) is 22.7 Å². The van der Waals surface area contributed by atoms with Crippen molar-refractivity contribution >= 4 is 34.6 Å². The van der Waals surface area contributed by atoms with E-state index in [0.29, 0.717) is 25.1 Å². The third kappa shape index (κ3) is 5.62. The molecule has 7 nitrogen and oxygen atoms in total. The molecule has 0 aliphatic rings. The lowest BCUT2D eigenvalue weighted by atomic mass is 10.2. The highest BCUT2D eigenvalue weighted by Crippen LogP contribution is 2.21. The summed E-state index contributed by atoms with van der Waals surface area (Å²) in [6.45, 7) is 0.512. The molecule has 2 aromatic carbocycles. The van der Waals surface area contributed by atoms with Gasteiger partial charge in [0.2, 0.25) is 5.91 Å². The number of carbonyl (C=O) groups excluding carboxylic acids is 1. The van der Waals surface area contributed by atoms with E-state index < -0.39 is 0 Å². The van der Waals surface area contributed by atoms with Crippen LogP contribution in [0, 0.1) is 0 Å². The van der Waals surface area contributed by atoms with Crippen molar-refractivity contribution in [3.8, 4) is 0 Å². The molecule has 0 aliphatic heterocycles. The van der Waals surface area contributed by atoms with Gasteiger partial charge in [0.25, 0.3) is 0 Å². The minimum absolute atomic E-state index is 0.0276. The highest BCUT2D eigenvalue weighted by molar-refractivity contribution is 5.90. The van der Waals surface area contributed by atoms with E-state index in [1.165, 1.54) is 0 Å².